The lowest BCUT2D eigenvalue weighted by Crippen LogP contribution is -2.35. The number of nitrogens with one attached hydrogen (secondary N) is 1. The van der Waals surface area contributed by atoms with Crippen LogP contribution in [-0.2, 0) is 11.3 Å². The number of carbonyl (C=O) groups excluding carboxylic acids is 1. The van der Waals surface area contributed by atoms with Crippen molar-refractivity contribution in [2.75, 3.05) is 18.0 Å². The van der Waals surface area contributed by atoms with Gasteiger partial charge >= 0.3 is 0 Å². The van der Waals surface area contributed by atoms with E-state index in [1.165, 1.54) is 0 Å². The average molecular weight is 302 g/mol. The second-order valence-corrected chi connectivity index (χ2v) is 6.15. The third-order valence-corrected chi connectivity index (χ3v) is 3.69. The normalized spacial score (nSPS) is 16.2. The van der Waals surface area contributed by atoms with Crippen LogP contribution in [0.25, 0.3) is 0 Å². The minimum absolute atomic E-state index is 0.221. The molecule has 0 radical (unpaired) electrons. The van der Waals surface area contributed by atoms with E-state index in [9.17, 15) is 4.79 Å². The van der Waals surface area contributed by atoms with Crippen molar-refractivity contribution in [3.63, 3.8) is 0 Å². The number of piperidine rings is 1. The number of anilines is 1. The molecule has 0 unspecified atom stereocenters. The predicted octanol–water partition coefficient (Wildman–Crippen LogP) is 2.26. The van der Waals surface area contributed by atoms with Crippen molar-refractivity contribution in [2.24, 2.45) is 16.6 Å². The smallest absolute Gasteiger partial charge is 0.226 e. The summed E-state index contributed by atoms with van der Waals surface area (Å²) in [4.78, 5) is 18.1. The van der Waals surface area contributed by atoms with Gasteiger partial charge in [-0.2, -0.15) is 0 Å². The van der Waals surface area contributed by atoms with E-state index in [2.05, 4.69) is 24.2 Å². The highest BCUT2D eigenvalue weighted by Gasteiger charge is 2.19. The molecule has 0 aliphatic carbocycles. The Kier molecular flexibility index (Phi) is 5.81. The Morgan fingerprint density at radius 2 is 2.05 bits per heavy atom. The largest absolute Gasteiger partial charge is 0.370 e. The molecule has 0 bridgehead atoms. The van der Waals surface area contributed by atoms with Crippen molar-refractivity contribution in [3.05, 3.63) is 29.8 Å². The Morgan fingerprint density at radius 3 is 2.68 bits per heavy atom. The number of aliphatic imine (C=N–C) groups is 1. The van der Waals surface area contributed by atoms with Crippen LogP contribution >= 0.6 is 0 Å². The number of rotatable bonds is 5. The number of carbonyl (C=O) groups is 1. The molecule has 1 amide bonds. The summed E-state index contributed by atoms with van der Waals surface area (Å²) in [5, 5.41) is 3.10. The molecule has 1 aromatic rings. The van der Waals surface area contributed by atoms with Crippen LogP contribution in [0.15, 0.2) is 29.3 Å². The van der Waals surface area contributed by atoms with E-state index in [1.54, 1.807) is 0 Å². The Balaban J connectivity index is 1.91. The number of nitrogens with zero attached hydrogens (tertiary/aromatic N) is 2. The summed E-state index contributed by atoms with van der Waals surface area (Å²) >= 11 is 0. The molecule has 1 heterocycles. The first-order valence-electron chi connectivity index (χ1n) is 7.99. The van der Waals surface area contributed by atoms with Gasteiger partial charge in [0, 0.05) is 25.2 Å². The minimum atomic E-state index is 0.221. The fraction of sp³-hybridized carbons (Fsp3) is 0.529. The van der Waals surface area contributed by atoms with Crippen LogP contribution in [0.3, 0.4) is 0 Å². The molecule has 0 saturated carbocycles. The molecular weight excluding hydrogens is 276 g/mol. The molecule has 0 spiro atoms. The number of guanidine groups is 1. The minimum Gasteiger partial charge on any atom is -0.370 e. The van der Waals surface area contributed by atoms with E-state index >= 15 is 0 Å². The van der Waals surface area contributed by atoms with Crippen molar-refractivity contribution in [2.45, 2.75) is 39.7 Å². The van der Waals surface area contributed by atoms with Gasteiger partial charge in [0.25, 0.3) is 0 Å². The van der Waals surface area contributed by atoms with Crippen LogP contribution in [0.2, 0.25) is 0 Å². The van der Waals surface area contributed by atoms with Gasteiger partial charge in [-0.05, 0) is 36.5 Å². The van der Waals surface area contributed by atoms with Crippen LogP contribution in [0.4, 0.5) is 5.69 Å². The predicted molar refractivity (Wildman–Crippen MR) is 90.8 cm³/mol. The molecular formula is C17H26N4O. The summed E-state index contributed by atoms with van der Waals surface area (Å²) in [6.45, 7) is 6.45. The lowest BCUT2D eigenvalue weighted by atomic mass is 10.1. The number of hydrogen-bond acceptors (Lipinski definition) is 2. The van der Waals surface area contributed by atoms with Gasteiger partial charge in [0.1, 0.15) is 0 Å². The van der Waals surface area contributed by atoms with E-state index in [0.29, 0.717) is 24.8 Å². The number of nitrogens with two attached hydrogens (primary N) is 1. The van der Waals surface area contributed by atoms with Crippen LogP contribution < -0.4 is 16.0 Å². The molecule has 5 nitrogen and oxygen atoms in total. The highest BCUT2D eigenvalue weighted by atomic mass is 16.2. The van der Waals surface area contributed by atoms with Gasteiger partial charge in [-0.25, -0.2) is 4.99 Å². The van der Waals surface area contributed by atoms with Crippen LogP contribution in [0.1, 0.15) is 38.7 Å². The zero-order valence-corrected chi connectivity index (χ0v) is 13.5. The standard InChI is InChI=1S/C17H26N4O/c1-13(2)11-19-17(18)20-12-14-6-8-15(9-7-14)21-10-4-3-5-16(21)22/h6-9,13H,3-5,10-12H2,1-2H3,(H3,18,19,20). The van der Waals surface area contributed by atoms with Crippen LogP contribution in [0, 0.1) is 5.92 Å². The van der Waals surface area contributed by atoms with Crippen molar-refractivity contribution in [1.29, 1.82) is 0 Å². The second kappa shape index (κ2) is 7.82. The van der Waals surface area contributed by atoms with Gasteiger partial charge in [0.15, 0.2) is 5.96 Å². The van der Waals surface area contributed by atoms with Gasteiger partial charge < -0.3 is 16.0 Å². The molecule has 5 heteroatoms. The molecule has 0 atom stereocenters. The molecule has 3 N–H and O–H groups in total. The van der Waals surface area contributed by atoms with Crippen molar-refractivity contribution >= 4 is 17.6 Å². The van der Waals surface area contributed by atoms with E-state index in [-0.39, 0.29) is 5.91 Å². The first-order chi connectivity index (χ1) is 10.6. The lowest BCUT2D eigenvalue weighted by molar-refractivity contribution is -0.119. The number of hydrogen-bond donors (Lipinski definition) is 2. The lowest BCUT2D eigenvalue weighted by Gasteiger charge is -2.26. The zero-order valence-electron chi connectivity index (χ0n) is 13.5. The Bertz CT molecular complexity index is 522. The quantitative estimate of drug-likeness (QED) is 0.647. The number of benzene rings is 1. The molecule has 1 saturated heterocycles. The first-order valence-corrected chi connectivity index (χ1v) is 7.99. The van der Waals surface area contributed by atoms with E-state index in [1.807, 2.05) is 29.2 Å². The molecule has 1 fully saturated rings. The second-order valence-electron chi connectivity index (χ2n) is 6.15. The van der Waals surface area contributed by atoms with Crippen LogP contribution in [-0.4, -0.2) is 25.0 Å². The summed E-state index contributed by atoms with van der Waals surface area (Å²) in [6.07, 6.45) is 2.74. The maximum atomic E-state index is 11.9. The summed E-state index contributed by atoms with van der Waals surface area (Å²) in [5.74, 6) is 1.23. The molecule has 2 rings (SSSR count). The highest BCUT2D eigenvalue weighted by Crippen LogP contribution is 2.21. The summed E-state index contributed by atoms with van der Waals surface area (Å²) in [6, 6.07) is 8.00. The van der Waals surface area contributed by atoms with Crippen molar-refractivity contribution in [3.8, 4) is 0 Å². The molecule has 1 aliphatic heterocycles. The fourth-order valence-corrected chi connectivity index (χ4v) is 2.40. The van der Waals surface area contributed by atoms with Crippen molar-refractivity contribution in [1.82, 2.24) is 5.32 Å². The van der Waals surface area contributed by atoms with E-state index in [4.69, 9.17) is 5.73 Å². The highest BCUT2D eigenvalue weighted by molar-refractivity contribution is 5.93. The Morgan fingerprint density at radius 1 is 1.32 bits per heavy atom. The van der Waals surface area contributed by atoms with E-state index < -0.39 is 0 Å². The van der Waals surface area contributed by atoms with Gasteiger partial charge in [-0.15, -0.1) is 0 Å². The summed E-state index contributed by atoms with van der Waals surface area (Å²) in [5.41, 5.74) is 7.88. The molecule has 22 heavy (non-hydrogen) atoms. The zero-order chi connectivity index (χ0) is 15.9. The average Bonchev–Trinajstić information content (AvgIpc) is 2.52. The molecule has 1 aromatic carbocycles. The molecule has 0 aromatic heterocycles. The third-order valence-electron chi connectivity index (χ3n) is 3.69. The molecule has 1 aliphatic rings. The third kappa shape index (κ3) is 4.76. The summed E-state index contributed by atoms with van der Waals surface area (Å²) < 4.78 is 0. The van der Waals surface area contributed by atoms with Gasteiger partial charge in [-0.1, -0.05) is 26.0 Å². The first kappa shape index (κ1) is 16.3. The molecule has 120 valence electrons. The van der Waals surface area contributed by atoms with Gasteiger partial charge in [0.05, 0.1) is 6.54 Å². The summed E-state index contributed by atoms with van der Waals surface area (Å²) in [7, 11) is 0. The van der Waals surface area contributed by atoms with E-state index in [0.717, 1.165) is 37.2 Å². The van der Waals surface area contributed by atoms with Crippen LogP contribution in [0.5, 0.6) is 0 Å². The van der Waals surface area contributed by atoms with Gasteiger partial charge in [-0.3, -0.25) is 4.79 Å². The maximum absolute atomic E-state index is 11.9. The number of amides is 1. The van der Waals surface area contributed by atoms with Gasteiger partial charge in [0.2, 0.25) is 5.91 Å². The maximum Gasteiger partial charge on any atom is 0.226 e. The Labute approximate surface area is 132 Å². The Hall–Kier alpha value is -2.04. The fourth-order valence-electron chi connectivity index (χ4n) is 2.40. The monoisotopic (exact) mass is 302 g/mol. The SMILES string of the molecule is CC(C)CNC(N)=NCc1ccc(N2CCCCC2=O)cc1. The topological polar surface area (TPSA) is 70.7 Å². The van der Waals surface area contributed by atoms with Crippen molar-refractivity contribution < 1.29 is 4.79 Å².